The van der Waals surface area contributed by atoms with Crippen molar-refractivity contribution < 1.29 is 17.6 Å². The molecule has 134 valence electrons. The number of aromatic nitrogens is 3. The zero-order chi connectivity index (χ0) is 18.0. The highest BCUT2D eigenvalue weighted by atomic mass is 19.4. The van der Waals surface area contributed by atoms with Crippen molar-refractivity contribution in [3.63, 3.8) is 0 Å². The number of halogens is 4. The van der Waals surface area contributed by atoms with Crippen LogP contribution in [0.3, 0.4) is 0 Å². The molecule has 1 fully saturated rings. The van der Waals surface area contributed by atoms with Gasteiger partial charge in [-0.05, 0) is 42.9 Å². The molecular formula is C16H17F4N5. The number of nitrogen functional groups attached to an aromatic ring is 1. The fourth-order valence-corrected chi connectivity index (χ4v) is 3.19. The lowest BCUT2D eigenvalue weighted by atomic mass is 9.94. The van der Waals surface area contributed by atoms with Crippen LogP contribution >= 0.6 is 0 Å². The van der Waals surface area contributed by atoms with Gasteiger partial charge in [-0.2, -0.15) is 28.1 Å². The molecule has 3 rings (SSSR count). The average Bonchev–Trinajstić information content (AvgIpc) is 2.93. The van der Waals surface area contributed by atoms with E-state index in [0.29, 0.717) is 6.42 Å². The van der Waals surface area contributed by atoms with Gasteiger partial charge in [-0.15, -0.1) is 0 Å². The number of alkyl halides is 3. The standard InChI is InChI=1S/C16H17F4N5/c17-11-5-1-3-9(8-11)7-10-4-2-6-12(10)22-15-24-13(16(18,19)20)23-14(21)25-15/h1,3,5,8,10,12H,2,4,6-7H2,(H3,21,22,23,24,25). The molecule has 0 saturated heterocycles. The van der Waals surface area contributed by atoms with Crippen molar-refractivity contribution in [2.75, 3.05) is 11.1 Å². The van der Waals surface area contributed by atoms with Crippen molar-refractivity contribution in [3.8, 4) is 0 Å². The second-order valence-corrected chi connectivity index (χ2v) is 6.11. The van der Waals surface area contributed by atoms with Crippen molar-refractivity contribution in [3.05, 3.63) is 41.5 Å². The molecule has 25 heavy (non-hydrogen) atoms. The first-order valence-electron chi connectivity index (χ1n) is 7.91. The number of anilines is 2. The minimum atomic E-state index is -4.69. The van der Waals surface area contributed by atoms with Gasteiger partial charge >= 0.3 is 6.18 Å². The second-order valence-electron chi connectivity index (χ2n) is 6.11. The summed E-state index contributed by atoms with van der Waals surface area (Å²) in [4.78, 5) is 10.3. The Morgan fingerprint density at radius 1 is 1.16 bits per heavy atom. The van der Waals surface area contributed by atoms with Gasteiger partial charge < -0.3 is 11.1 Å². The number of nitrogens with zero attached hydrogens (tertiary/aromatic N) is 3. The number of nitrogens with two attached hydrogens (primary N) is 1. The van der Waals surface area contributed by atoms with E-state index in [9.17, 15) is 17.6 Å². The van der Waals surface area contributed by atoms with Crippen molar-refractivity contribution in [1.29, 1.82) is 0 Å². The number of rotatable bonds is 4. The summed E-state index contributed by atoms with van der Waals surface area (Å²) in [5.74, 6) is -2.14. The SMILES string of the molecule is Nc1nc(NC2CCCC2Cc2cccc(F)c2)nc(C(F)(F)F)n1. The third-order valence-electron chi connectivity index (χ3n) is 4.27. The molecular weight excluding hydrogens is 338 g/mol. The van der Waals surface area contributed by atoms with E-state index in [4.69, 9.17) is 5.73 Å². The molecule has 1 aliphatic rings. The Labute approximate surface area is 141 Å². The fourth-order valence-electron chi connectivity index (χ4n) is 3.19. The largest absolute Gasteiger partial charge is 0.451 e. The minimum absolute atomic E-state index is 0.105. The third kappa shape index (κ3) is 4.34. The average molecular weight is 355 g/mol. The Hall–Kier alpha value is -2.45. The van der Waals surface area contributed by atoms with Crippen LogP contribution in [-0.4, -0.2) is 21.0 Å². The predicted octanol–water partition coefficient (Wildman–Crippen LogP) is 3.44. The smallest absolute Gasteiger partial charge is 0.368 e. The predicted molar refractivity (Wildman–Crippen MR) is 84.1 cm³/mol. The van der Waals surface area contributed by atoms with Gasteiger partial charge in [0.25, 0.3) is 0 Å². The van der Waals surface area contributed by atoms with Crippen molar-refractivity contribution in [2.45, 2.75) is 37.9 Å². The zero-order valence-corrected chi connectivity index (χ0v) is 13.2. The van der Waals surface area contributed by atoms with Crippen LogP contribution in [0.4, 0.5) is 29.5 Å². The van der Waals surface area contributed by atoms with E-state index < -0.39 is 17.9 Å². The van der Waals surface area contributed by atoms with E-state index in [0.717, 1.165) is 24.8 Å². The zero-order valence-electron chi connectivity index (χ0n) is 13.2. The summed E-state index contributed by atoms with van der Waals surface area (Å²) >= 11 is 0. The Morgan fingerprint density at radius 3 is 2.68 bits per heavy atom. The molecule has 5 nitrogen and oxygen atoms in total. The molecule has 0 aliphatic heterocycles. The molecule has 0 amide bonds. The molecule has 2 aromatic rings. The number of benzene rings is 1. The Bertz CT molecular complexity index is 750. The molecule has 0 radical (unpaired) electrons. The quantitative estimate of drug-likeness (QED) is 0.822. The highest BCUT2D eigenvalue weighted by Gasteiger charge is 2.36. The van der Waals surface area contributed by atoms with Crippen molar-refractivity contribution in [2.24, 2.45) is 5.92 Å². The molecule has 1 aromatic carbocycles. The summed E-state index contributed by atoms with van der Waals surface area (Å²) in [7, 11) is 0. The summed E-state index contributed by atoms with van der Waals surface area (Å²) in [6, 6.07) is 6.22. The molecule has 1 aromatic heterocycles. The minimum Gasteiger partial charge on any atom is -0.368 e. The first-order valence-corrected chi connectivity index (χ1v) is 7.91. The Balaban J connectivity index is 1.74. The van der Waals surface area contributed by atoms with Gasteiger partial charge in [0.1, 0.15) is 5.82 Å². The van der Waals surface area contributed by atoms with Gasteiger partial charge in [-0.1, -0.05) is 18.6 Å². The van der Waals surface area contributed by atoms with E-state index in [1.807, 2.05) is 6.07 Å². The van der Waals surface area contributed by atoms with Crippen molar-refractivity contribution in [1.82, 2.24) is 15.0 Å². The van der Waals surface area contributed by atoms with E-state index in [1.54, 1.807) is 6.07 Å². The van der Waals surface area contributed by atoms with Gasteiger partial charge in [0.05, 0.1) is 0 Å². The van der Waals surface area contributed by atoms with E-state index in [-0.39, 0.29) is 23.7 Å². The van der Waals surface area contributed by atoms with Crippen LogP contribution in [0.5, 0.6) is 0 Å². The topological polar surface area (TPSA) is 76.7 Å². The summed E-state index contributed by atoms with van der Waals surface area (Å²) in [5.41, 5.74) is 6.21. The maximum absolute atomic E-state index is 13.3. The monoisotopic (exact) mass is 355 g/mol. The maximum Gasteiger partial charge on any atom is 0.451 e. The number of hydrogen-bond donors (Lipinski definition) is 2. The molecule has 1 aliphatic carbocycles. The van der Waals surface area contributed by atoms with Crippen LogP contribution in [0, 0.1) is 11.7 Å². The lowest BCUT2D eigenvalue weighted by molar-refractivity contribution is -0.144. The number of hydrogen-bond acceptors (Lipinski definition) is 5. The van der Waals surface area contributed by atoms with Crippen LogP contribution in [-0.2, 0) is 12.6 Å². The molecule has 1 heterocycles. The fraction of sp³-hybridized carbons (Fsp3) is 0.438. The van der Waals surface area contributed by atoms with Crippen LogP contribution in [0.2, 0.25) is 0 Å². The summed E-state index contributed by atoms with van der Waals surface area (Å²) in [5, 5.41) is 2.94. The van der Waals surface area contributed by atoms with Crippen LogP contribution in [0.1, 0.15) is 30.7 Å². The molecule has 3 N–H and O–H groups in total. The highest BCUT2D eigenvalue weighted by Crippen LogP contribution is 2.32. The number of nitrogens with one attached hydrogen (secondary N) is 1. The molecule has 0 bridgehead atoms. The first kappa shape index (κ1) is 17.4. The van der Waals surface area contributed by atoms with Gasteiger partial charge in [-0.3, -0.25) is 0 Å². The van der Waals surface area contributed by atoms with Gasteiger partial charge in [0, 0.05) is 6.04 Å². The van der Waals surface area contributed by atoms with Gasteiger partial charge in [-0.25, -0.2) is 4.39 Å². The molecule has 9 heteroatoms. The lowest BCUT2D eigenvalue weighted by Gasteiger charge is -2.21. The van der Waals surface area contributed by atoms with Gasteiger partial charge in [0.2, 0.25) is 17.7 Å². The third-order valence-corrected chi connectivity index (χ3v) is 4.27. The summed E-state index contributed by atoms with van der Waals surface area (Å²) in [6.45, 7) is 0. The highest BCUT2D eigenvalue weighted by molar-refractivity contribution is 5.33. The van der Waals surface area contributed by atoms with E-state index in [2.05, 4.69) is 20.3 Å². The Morgan fingerprint density at radius 2 is 1.96 bits per heavy atom. The first-order chi connectivity index (χ1) is 11.8. The Kier molecular flexibility index (Phi) is 4.73. The van der Waals surface area contributed by atoms with E-state index in [1.165, 1.54) is 12.1 Å². The van der Waals surface area contributed by atoms with Crippen LogP contribution in [0.25, 0.3) is 0 Å². The van der Waals surface area contributed by atoms with E-state index >= 15 is 0 Å². The van der Waals surface area contributed by atoms with Crippen LogP contribution < -0.4 is 11.1 Å². The maximum atomic E-state index is 13.3. The van der Waals surface area contributed by atoms with Crippen molar-refractivity contribution >= 4 is 11.9 Å². The lowest BCUT2D eigenvalue weighted by Crippen LogP contribution is -2.27. The second kappa shape index (κ2) is 6.81. The molecule has 2 unspecified atom stereocenters. The molecule has 0 spiro atoms. The van der Waals surface area contributed by atoms with Gasteiger partial charge in [0.15, 0.2) is 0 Å². The molecule has 1 saturated carbocycles. The molecule has 2 atom stereocenters. The normalized spacial score (nSPS) is 20.6. The summed E-state index contributed by atoms with van der Waals surface area (Å²) < 4.78 is 51.7. The summed E-state index contributed by atoms with van der Waals surface area (Å²) in [6.07, 6.45) is -1.48. The van der Waals surface area contributed by atoms with Crippen LogP contribution in [0.15, 0.2) is 24.3 Å².